The van der Waals surface area contributed by atoms with E-state index in [-0.39, 0.29) is 5.54 Å². The van der Waals surface area contributed by atoms with E-state index >= 15 is 0 Å². The monoisotopic (exact) mass is 299 g/mol. The zero-order chi connectivity index (χ0) is 15.6. The summed E-state index contributed by atoms with van der Waals surface area (Å²) in [5, 5.41) is 3.45. The van der Waals surface area contributed by atoms with E-state index in [1.54, 1.807) is 13.4 Å². The summed E-state index contributed by atoms with van der Waals surface area (Å²) in [6, 6.07) is 1.99. The number of hydrogen-bond donors (Lipinski definition) is 1. The van der Waals surface area contributed by atoms with Crippen LogP contribution in [0.5, 0.6) is 0 Å². The lowest BCUT2D eigenvalue weighted by atomic mass is 10.1. The second-order valence-electron chi connectivity index (χ2n) is 5.98. The molecule has 0 aliphatic carbocycles. The van der Waals surface area contributed by atoms with Gasteiger partial charge in [-0.2, -0.15) is 0 Å². The molecule has 122 valence electrons. The lowest BCUT2D eigenvalue weighted by molar-refractivity contribution is 0.0451. The first-order valence-corrected chi connectivity index (χ1v) is 7.47. The molecule has 0 aliphatic rings. The third-order valence-corrected chi connectivity index (χ3v) is 2.89. The van der Waals surface area contributed by atoms with Crippen molar-refractivity contribution in [2.45, 2.75) is 45.9 Å². The first kappa shape index (κ1) is 18.2. The molecule has 0 spiro atoms. The van der Waals surface area contributed by atoms with Gasteiger partial charge >= 0.3 is 0 Å². The van der Waals surface area contributed by atoms with Gasteiger partial charge in [0, 0.05) is 38.0 Å². The van der Waals surface area contributed by atoms with Crippen LogP contribution in [0.2, 0.25) is 0 Å². The van der Waals surface area contributed by atoms with E-state index in [2.05, 4.69) is 26.1 Å². The van der Waals surface area contributed by atoms with Gasteiger partial charge in [-0.1, -0.05) is 0 Å². The molecule has 1 aromatic rings. The summed E-state index contributed by atoms with van der Waals surface area (Å²) in [5.74, 6) is 0.895. The van der Waals surface area contributed by atoms with E-state index in [4.69, 9.17) is 18.6 Å². The average Bonchev–Trinajstić information content (AvgIpc) is 2.86. The Bertz CT molecular complexity index is 371. The SMILES string of the molecule is COCCOCCCOCc1occc1CNC(C)(C)C. The Morgan fingerprint density at radius 1 is 1.10 bits per heavy atom. The highest BCUT2D eigenvalue weighted by atomic mass is 16.5. The maximum absolute atomic E-state index is 5.62. The van der Waals surface area contributed by atoms with Gasteiger partial charge < -0.3 is 23.9 Å². The molecule has 0 fully saturated rings. The van der Waals surface area contributed by atoms with Crippen molar-refractivity contribution in [2.75, 3.05) is 33.5 Å². The van der Waals surface area contributed by atoms with Crippen molar-refractivity contribution in [3.8, 4) is 0 Å². The zero-order valence-electron chi connectivity index (χ0n) is 13.7. The summed E-state index contributed by atoms with van der Waals surface area (Å²) >= 11 is 0. The van der Waals surface area contributed by atoms with Crippen molar-refractivity contribution in [3.63, 3.8) is 0 Å². The Morgan fingerprint density at radius 3 is 2.57 bits per heavy atom. The summed E-state index contributed by atoms with van der Waals surface area (Å²) in [6.07, 6.45) is 2.59. The Hall–Kier alpha value is -0.880. The fourth-order valence-corrected chi connectivity index (χ4v) is 1.68. The van der Waals surface area contributed by atoms with Gasteiger partial charge in [-0.3, -0.25) is 0 Å². The highest BCUT2D eigenvalue weighted by Crippen LogP contribution is 2.13. The molecule has 0 aliphatic heterocycles. The van der Waals surface area contributed by atoms with Crippen LogP contribution in [0.15, 0.2) is 16.7 Å². The Morgan fingerprint density at radius 2 is 1.86 bits per heavy atom. The van der Waals surface area contributed by atoms with Crippen molar-refractivity contribution < 1.29 is 18.6 Å². The molecule has 5 heteroatoms. The second kappa shape index (κ2) is 9.95. The number of hydrogen-bond acceptors (Lipinski definition) is 5. The third-order valence-electron chi connectivity index (χ3n) is 2.89. The molecule has 0 bridgehead atoms. The van der Waals surface area contributed by atoms with Crippen LogP contribution in [-0.4, -0.2) is 39.1 Å². The summed E-state index contributed by atoms with van der Waals surface area (Å²) in [6.45, 7) is 10.4. The predicted molar refractivity (Wildman–Crippen MR) is 82.3 cm³/mol. The Kier molecular flexibility index (Phi) is 8.61. The summed E-state index contributed by atoms with van der Waals surface area (Å²) in [5.41, 5.74) is 1.25. The first-order valence-electron chi connectivity index (χ1n) is 7.47. The van der Waals surface area contributed by atoms with E-state index in [1.807, 2.05) is 6.07 Å². The predicted octanol–water partition coefficient (Wildman–Crippen LogP) is 2.74. The standard InChI is InChI=1S/C16H29NO4/c1-16(2,3)17-12-14-6-9-21-15(14)13-20-8-5-7-19-11-10-18-4/h6,9,17H,5,7-8,10-13H2,1-4H3. The van der Waals surface area contributed by atoms with Crippen LogP contribution in [0.3, 0.4) is 0 Å². The molecule has 5 nitrogen and oxygen atoms in total. The number of nitrogens with one attached hydrogen (secondary N) is 1. The van der Waals surface area contributed by atoms with Gasteiger partial charge in [0.25, 0.3) is 0 Å². The topological polar surface area (TPSA) is 52.9 Å². The van der Waals surface area contributed by atoms with Crippen molar-refractivity contribution in [2.24, 2.45) is 0 Å². The van der Waals surface area contributed by atoms with Gasteiger partial charge in [0.15, 0.2) is 0 Å². The van der Waals surface area contributed by atoms with Crippen LogP contribution in [0, 0.1) is 0 Å². The van der Waals surface area contributed by atoms with E-state index in [0.717, 1.165) is 24.3 Å². The molecular weight excluding hydrogens is 270 g/mol. The molecule has 1 rings (SSSR count). The van der Waals surface area contributed by atoms with E-state index in [9.17, 15) is 0 Å². The fraction of sp³-hybridized carbons (Fsp3) is 0.750. The van der Waals surface area contributed by atoms with Crippen molar-refractivity contribution in [1.29, 1.82) is 0 Å². The van der Waals surface area contributed by atoms with Gasteiger partial charge in [-0.05, 0) is 33.3 Å². The minimum atomic E-state index is 0.0922. The molecule has 0 saturated carbocycles. The number of rotatable bonds is 11. The average molecular weight is 299 g/mol. The quantitative estimate of drug-likeness (QED) is 0.637. The van der Waals surface area contributed by atoms with Gasteiger partial charge in [0.1, 0.15) is 12.4 Å². The first-order chi connectivity index (χ1) is 10.0. The van der Waals surface area contributed by atoms with Crippen LogP contribution in [0.1, 0.15) is 38.5 Å². The van der Waals surface area contributed by atoms with Crippen LogP contribution < -0.4 is 5.32 Å². The summed E-state index contributed by atoms with van der Waals surface area (Å²) in [4.78, 5) is 0. The number of furan rings is 1. The number of methoxy groups -OCH3 is 1. The van der Waals surface area contributed by atoms with E-state index < -0.39 is 0 Å². The second-order valence-corrected chi connectivity index (χ2v) is 5.98. The lowest BCUT2D eigenvalue weighted by Gasteiger charge is -2.20. The molecule has 1 aromatic heterocycles. The van der Waals surface area contributed by atoms with Crippen LogP contribution in [0.25, 0.3) is 0 Å². The minimum absolute atomic E-state index is 0.0922. The Labute approximate surface area is 127 Å². The molecule has 0 radical (unpaired) electrons. The molecular formula is C16H29NO4. The van der Waals surface area contributed by atoms with Gasteiger partial charge in [-0.15, -0.1) is 0 Å². The maximum Gasteiger partial charge on any atom is 0.133 e. The normalized spacial score (nSPS) is 12.0. The van der Waals surface area contributed by atoms with Crippen LogP contribution in [-0.2, 0) is 27.4 Å². The minimum Gasteiger partial charge on any atom is -0.467 e. The third kappa shape index (κ3) is 8.88. The summed E-state index contributed by atoms with van der Waals surface area (Å²) < 4.78 is 21.4. The zero-order valence-corrected chi connectivity index (χ0v) is 13.7. The highest BCUT2D eigenvalue weighted by Gasteiger charge is 2.12. The van der Waals surface area contributed by atoms with Crippen molar-refractivity contribution in [3.05, 3.63) is 23.7 Å². The number of ether oxygens (including phenoxy) is 3. The molecule has 0 saturated heterocycles. The molecule has 0 aromatic carbocycles. The Balaban J connectivity index is 2.14. The maximum atomic E-state index is 5.62. The molecule has 1 N–H and O–H groups in total. The van der Waals surface area contributed by atoms with Gasteiger partial charge in [0.2, 0.25) is 0 Å². The largest absolute Gasteiger partial charge is 0.467 e. The molecule has 0 unspecified atom stereocenters. The molecule has 1 heterocycles. The lowest BCUT2D eigenvalue weighted by Crippen LogP contribution is -2.35. The molecule has 0 amide bonds. The highest BCUT2D eigenvalue weighted by molar-refractivity contribution is 5.16. The van der Waals surface area contributed by atoms with Crippen LogP contribution >= 0.6 is 0 Å². The molecule has 21 heavy (non-hydrogen) atoms. The van der Waals surface area contributed by atoms with Crippen molar-refractivity contribution >= 4 is 0 Å². The van der Waals surface area contributed by atoms with Gasteiger partial charge in [-0.25, -0.2) is 0 Å². The smallest absolute Gasteiger partial charge is 0.133 e. The van der Waals surface area contributed by atoms with Crippen molar-refractivity contribution in [1.82, 2.24) is 5.32 Å². The molecule has 0 atom stereocenters. The van der Waals surface area contributed by atoms with Gasteiger partial charge in [0.05, 0.1) is 19.5 Å². The van der Waals surface area contributed by atoms with Crippen LogP contribution in [0.4, 0.5) is 0 Å². The van der Waals surface area contributed by atoms with E-state index in [1.165, 1.54) is 0 Å². The fourth-order valence-electron chi connectivity index (χ4n) is 1.68. The van der Waals surface area contributed by atoms with E-state index in [0.29, 0.717) is 33.0 Å². The summed E-state index contributed by atoms with van der Waals surface area (Å²) in [7, 11) is 1.67.